The summed E-state index contributed by atoms with van der Waals surface area (Å²) in [5.41, 5.74) is 2.09. The molecule has 0 bridgehead atoms. The van der Waals surface area contributed by atoms with Crippen LogP contribution < -0.4 is 0 Å². The third kappa shape index (κ3) is 3.17. The summed E-state index contributed by atoms with van der Waals surface area (Å²) in [5, 5.41) is 1.78. The van der Waals surface area contributed by atoms with E-state index in [-0.39, 0.29) is 12.5 Å². The number of hydrogen-bond acceptors (Lipinski definition) is 2. The van der Waals surface area contributed by atoms with Gasteiger partial charge in [0, 0.05) is 29.4 Å². The summed E-state index contributed by atoms with van der Waals surface area (Å²) >= 11 is 6.12. The number of aromatic nitrogens is 1. The largest absolute Gasteiger partial charge is 0.465 e. The second kappa shape index (κ2) is 6.53. The highest BCUT2D eigenvalue weighted by Crippen LogP contribution is 2.24. The number of fused-ring (bicyclic) bond motifs is 1. The summed E-state index contributed by atoms with van der Waals surface area (Å²) in [5.74, 6) is -0.230. The lowest BCUT2D eigenvalue weighted by molar-refractivity contribution is -0.500. The Morgan fingerprint density at radius 3 is 2.91 bits per heavy atom. The molecule has 116 valence electrons. The summed E-state index contributed by atoms with van der Waals surface area (Å²) in [6, 6.07) is 5.80. The van der Waals surface area contributed by atoms with Crippen molar-refractivity contribution in [3.8, 4) is 0 Å². The molecule has 1 aliphatic heterocycles. The van der Waals surface area contributed by atoms with E-state index >= 15 is 0 Å². The molecule has 1 aromatic carbocycles. The van der Waals surface area contributed by atoms with Gasteiger partial charge >= 0.3 is 5.97 Å². The van der Waals surface area contributed by atoms with Gasteiger partial charge in [0.15, 0.2) is 6.21 Å². The molecule has 0 unspecified atom stereocenters. The number of rotatable bonds is 4. The van der Waals surface area contributed by atoms with E-state index in [1.807, 2.05) is 35.9 Å². The van der Waals surface area contributed by atoms with Crippen molar-refractivity contribution in [3.05, 3.63) is 35.0 Å². The molecule has 1 aliphatic rings. The third-order valence-electron chi connectivity index (χ3n) is 3.94. The number of benzene rings is 1. The van der Waals surface area contributed by atoms with E-state index < -0.39 is 0 Å². The summed E-state index contributed by atoms with van der Waals surface area (Å²) in [4.78, 5) is 11.8. The van der Waals surface area contributed by atoms with Crippen molar-refractivity contribution in [2.75, 3.05) is 19.7 Å². The van der Waals surface area contributed by atoms with Crippen LogP contribution in [0.1, 0.15) is 25.3 Å². The Morgan fingerprint density at radius 1 is 1.41 bits per heavy atom. The van der Waals surface area contributed by atoms with Crippen LogP contribution in [-0.4, -0.2) is 41.0 Å². The quantitative estimate of drug-likeness (QED) is 0.641. The molecule has 2 aromatic rings. The summed E-state index contributed by atoms with van der Waals surface area (Å²) in [7, 11) is 0. The maximum Gasteiger partial charge on any atom is 0.325 e. The highest BCUT2D eigenvalue weighted by molar-refractivity contribution is 6.31. The number of carbonyl (C=O) groups excluding carboxylic acids is 1. The predicted octanol–water partition coefficient (Wildman–Crippen LogP) is 3.08. The van der Waals surface area contributed by atoms with Crippen LogP contribution in [0.2, 0.25) is 5.02 Å². The number of nitrogens with zero attached hydrogens (tertiary/aromatic N) is 2. The van der Waals surface area contributed by atoms with Gasteiger partial charge in [0.25, 0.3) is 0 Å². The normalized spacial score (nSPS) is 14.5. The molecule has 5 heteroatoms. The van der Waals surface area contributed by atoms with Crippen LogP contribution in [0, 0.1) is 0 Å². The summed E-state index contributed by atoms with van der Waals surface area (Å²) < 4.78 is 9.30. The van der Waals surface area contributed by atoms with Gasteiger partial charge in [-0.1, -0.05) is 17.7 Å². The zero-order chi connectivity index (χ0) is 15.5. The Kier molecular flexibility index (Phi) is 4.48. The van der Waals surface area contributed by atoms with Crippen molar-refractivity contribution in [3.63, 3.8) is 0 Å². The number of hydrogen-bond donors (Lipinski definition) is 0. The highest BCUT2D eigenvalue weighted by Gasteiger charge is 2.16. The van der Waals surface area contributed by atoms with Gasteiger partial charge in [-0.3, -0.25) is 4.79 Å². The molecule has 3 rings (SSSR count). The van der Waals surface area contributed by atoms with Gasteiger partial charge in [0.05, 0.1) is 17.7 Å². The molecule has 0 spiro atoms. The number of halogens is 1. The zero-order valence-corrected chi connectivity index (χ0v) is 13.5. The molecule has 1 fully saturated rings. The third-order valence-corrected chi connectivity index (χ3v) is 4.18. The lowest BCUT2D eigenvalue weighted by Gasteiger charge is -2.04. The second-order valence-electron chi connectivity index (χ2n) is 5.55. The Hall–Kier alpha value is -1.81. The first kappa shape index (κ1) is 15.1. The van der Waals surface area contributed by atoms with Crippen LogP contribution in [0.3, 0.4) is 0 Å². The molecular formula is C17H20ClN2O2+. The van der Waals surface area contributed by atoms with Crippen molar-refractivity contribution in [1.82, 2.24) is 4.57 Å². The first-order chi connectivity index (χ1) is 10.7. The van der Waals surface area contributed by atoms with Crippen molar-refractivity contribution in [1.29, 1.82) is 0 Å². The maximum absolute atomic E-state index is 11.8. The van der Waals surface area contributed by atoms with Crippen molar-refractivity contribution >= 4 is 34.7 Å². The molecule has 0 radical (unpaired) electrons. The molecule has 0 amide bonds. The van der Waals surface area contributed by atoms with Gasteiger partial charge in [-0.15, -0.1) is 0 Å². The van der Waals surface area contributed by atoms with E-state index in [4.69, 9.17) is 16.3 Å². The van der Waals surface area contributed by atoms with Crippen molar-refractivity contribution in [2.24, 2.45) is 0 Å². The minimum Gasteiger partial charge on any atom is -0.465 e. The lowest BCUT2D eigenvalue weighted by Crippen LogP contribution is -2.12. The first-order valence-electron chi connectivity index (χ1n) is 7.70. The average Bonchev–Trinajstić information content (AvgIpc) is 3.09. The Bertz CT molecular complexity index is 726. The maximum atomic E-state index is 11.8. The number of esters is 1. The number of carbonyl (C=O) groups is 1. The van der Waals surface area contributed by atoms with E-state index in [9.17, 15) is 4.79 Å². The SMILES string of the molecule is CCOC(=O)Cn1cc(C=[N+]2CCCC2)c2ccc(Cl)cc21. The van der Waals surface area contributed by atoms with Gasteiger partial charge in [0.1, 0.15) is 19.6 Å². The van der Waals surface area contributed by atoms with Gasteiger partial charge in [0.2, 0.25) is 0 Å². The van der Waals surface area contributed by atoms with Crippen molar-refractivity contribution in [2.45, 2.75) is 26.3 Å². The van der Waals surface area contributed by atoms with E-state index in [1.165, 1.54) is 12.8 Å². The van der Waals surface area contributed by atoms with E-state index in [1.54, 1.807) is 0 Å². The molecule has 22 heavy (non-hydrogen) atoms. The zero-order valence-electron chi connectivity index (χ0n) is 12.7. The molecule has 0 atom stereocenters. The average molecular weight is 320 g/mol. The molecule has 0 saturated carbocycles. The molecule has 0 N–H and O–H groups in total. The van der Waals surface area contributed by atoms with E-state index in [2.05, 4.69) is 10.8 Å². The topological polar surface area (TPSA) is 34.2 Å². The van der Waals surface area contributed by atoms with Crippen LogP contribution in [0.15, 0.2) is 24.4 Å². The van der Waals surface area contributed by atoms with Gasteiger partial charge in [-0.05, 0) is 19.1 Å². The molecule has 1 saturated heterocycles. The standard InChI is InChI=1S/C17H20ClN2O2/c1-2-22-17(21)12-20-11-13(10-19-7-3-4-8-19)15-6-5-14(18)9-16(15)20/h5-6,9-11H,2-4,7-8,12H2,1H3/q+1. The first-order valence-corrected chi connectivity index (χ1v) is 8.08. The summed E-state index contributed by atoms with van der Waals surface area (Å²) in [6.45, 7) is 4.61. The Balaban J connectivity index is 2.01. The van der Waals surface area contributed by atoms with Gasteiger partial charge < -0.3 is 9.30 Å². The van der Waals surface area contributed by atoms with E-state index in [0.717, 1.165) is 29.6 Å². The van der Waals surface area contributed by atoms with E-state index in [0.29, 0.717) is 11.6 Å². The summed E-state index contributed by atoms with van der Waals surface area (Å²) in [6.07, 6.45) is 6.68. The minimum absolute atomic E-state index is 0.207. The second-order valence-corrected chi connectivity index (χ2v) is 5.99. The van der Waals surface area contributed by atoms with Crippen LogP contribution in [0.4, 0.5) is 0 Å². The van der Waals surface area contributed by atoms with Crippen LogP contribution >= 0.6 is 11.6 Å². The van der Waals surface area contributed by atoms with Crippen LogP contribution in [0.5, 0.6) is 0 Å². The van der Waals surface area contributed by atoms with Crippen LogP contribution in [0.25, 0.3) is 10.9 Å². The Labute approximate surface area is 134 Å². The molecule has 2 heterocycles. The molecule has 1 aromatic heterocycles. The van der Waals surface area contributed by atoms with Crippen molar-refractivity contribution < 1.29 is 14.1 Å². The Morgan fingerprint density at radius 2 is 2.18 bits per heavy atom. The lowest BCUT2D eigenvalue weighted by atomic mass is 10.2. The smallest absolute Gasteiger partial charge is 0.325 e. The predicted molar refractivity (Wildman–Crippen MR) is 88.0 cm³/mol. The minimum atomic E-state index is -0.230. The highest BCUT2D eigenvalue weighted by atomic mass is 35.5. The fraction of sp³-hybridized carbons (Fsp3) is 0.412. The van der Waals surface area contributed by atoms with Gasteiger partial charge in [-0.2, -0.15) is 0 Å². The van der Waals surface area contributed by atoms with Gasteiger partial charge in [-0.25, -0.2) is 4.58 Å². The molecule has 0 aliphatic carbocycles. The fourth-order valence-electron chi connectivity index (χ4n) is 2.94. The molecular weight excluding hydrogens is 300 g/mol. The fourth-order valence-corrected chi connectivity index (χ4v) is 3.11. The monoisotopic (exact) mass is 319 g/mol. The number of ether oxygens (including phenoxy) is 1. The van der Waals surface area contributed by atoms with Crippen LogP contribution in [-0.2, 0) is 16.1 Å². The molecule has 4 nitrogen and oxygen atoms in total.